The Morgan fingerprint density at radius 3 is 2.52 bits per heavy atom. The van der Waals surface area contributed by atoms with Crippen molar-refractivity contribution < 1.29 is 9.59 Å². The Labute approximate surface area is 152 Å². The molecule has 0 unspecified atom stereocenters. The number of hydrogen-bond donors (Lipinski definition) is 0. The molecule has 130 valence electrons. The molecule has 5 heteroatoms. The molecule has 0 N–H and O–H groups in total. The topological polar surface area (TPSA) is 42.3 Å². The van der Waals surface area contributed by atoms with Crippen molar-refractivity contribution in [3.05, 3.63) is 63.8 Å². The fraction of sp³-hybridized carbons (Fsp3) is 0.300. The monoisotopic (exact) mass is 354 g/mol. The third-order valence-corrected chi connectivity index (χ3v) is 5.31. The van der Waals surface area contributed by atoms with Crippen molar-refractivity contribution in [2.45, 2.75) is 33.7 Å². The van der Waals surface area contributed by atoms with Crippen molar-refractivity contribution in [2.75, 3.05) is 6.54 Å². The van der Waals surface area contributed by atoms with Gasteiger partial charge >= 0.3 is 0 Å². The second kappa shape index (κ2) is 7.31. The highest BCUT2D eigenvalue weighted by Crippen LogP contribution is 2.33. The van der Waals surface area contributed by atoms with Crippen molar-refractivity contribution in [2.24, 2.45) is 0 Å². The average Bonchev–Trinajstić information content (AvgIpc) is 3.01. The van der Waals surface area contributed by atoms with Gasteiger partial charge in [-0.3, -0.25) is 14.5 Å². The molecule has 1 saturated heterocycles. The smallest absolute Gasteiger partial charge is 0.293 e. The Morgan fingerprint density at radius 2 is 1.84 bits per heavy atom. The Hall–Kier alpha value is -2.27. The number of thioether (sulfide) groups is 1. The van der Waals surface area contributed by atoms with Crippen LogP contribution in [0.2, 0.25) is 0 Å². The standard InChI is InChI=1S/C20H22N2O2S/c1-4-10-21-19(23)18(25-20(21)24)12-17-11-14(2)22(15(17)3)13-16-8-6-5-7-9-16/h5-9,11-12H,4,10,13H2,1-3H3/b18-12+. The largest absolute Gasteiger partial charge is 0.344 e. The van der Waals surface area contributed by atoms with Crippen molar-refractivity contribution in [1.29, 1.82) is 0 Å². The molecule has 1 aliphatic rings. The summed E-state index contributed by atoms with van der Waals surface area (Å²) in [4.78, 5) is 26.3. The van der Waals surface area contributed by atoms with Gasteiger partial charge in [-0.1, -0.05) is 37.3 Å². The maximum absolute atomic E-state index is 12.4. The predicted molar refractivity (Wildman–Crippen MR) is 102 cm³/mol. The molecule has 0 aliphatic carbocycles. The number of imide groups is 1. The number of rotatable bonds is 5. The molecule has 1 aliphatic heterocycles. The van der Waals surface area contributed by atoms with E-state index in [1.54, 1.807) is 0 Å². The lowest BCUT2D eigenvalue weighted by atomic mass is 10.2. The van der Waals surface area contributed by atoms with Gasteiger partial charge in [0.25, 0.3) is 11.1 Å². The van der Waals surface area contributed by atoms with E-state index in [0.717, 1.165) is 41.7 Å². The van der Waals surface area contributed by atoms with Crippen LogP contribution in [0.1, 0.15) is 35.9 Å². The second-order valence-corrected chi connectivity index (χ2v) is 7.22. The molecule has 4 nitrogen and oxygen atoms in total. The third-order valence-electron chi connectivity index (χ3n) is 4.40. The summed E-state index contributed by atoms with van der Waals surface area (Å²) in [5.41, 5.74) is 4.47. The van der Waals surface area contributed by atoms with Crippen LogP contribution in [0, 0.1) is 13.8 Å². The predicted octanol–water partition coefficient (Wildman–Crippen LogP) is 4.60. The average molecular weight is 354 g/mol. The van der Waals surface area contributed by atoms with Gasteiger partial charge in [-0.2, -0.15) is 0 Å². The maximum Gasteiger partial charge on any atom is 0.293 e. The number of hydrogen-bond acceptors (Lipinski definition) is 3. The van der Waals surface area contributed by atoms with Crippen LogP contribution in [-0.2, 0) is 11.3 Å². The zero-order chi connectivity index (χ0) is 18.0. The van der Waals surface area contributed by atoms with Crippen LogP contribution in [0.5, 0.6) is 0 Å². The molecule has 0 atom stereocenters. The number of carbonyl (C=O) groups excluding carboxylic acids is 2. The highest BCUT2D eigenvalue weighted by atomic mass is 32.2. The summed E-state index contributed by atoms with van der Waals surface area (Å²) in [7, 11) is 0. The summed E-state index contributed by atoms with van der Waals surface area (Å²) in [6.45, 7) is 7.36. The van der Waals surface area contributed by atoms with Gasteiger partial charge in [-0.15, -0.1) is 0 Å². The van der Waals surface area contributed by atoms with Crippen LogP contribution in [0.25, 0.3) is 6.08 Å². The first-order chi connectivity index (χ1) is 12.0. The molecule has 1 aromatic heterocycles. The Bertz CT molecular complexity index is 837. The van der Waals surface area contributed by atoms with Gasteiger partial charge < -0.3 is 4.57 Å². The lowest BCUT2D eigenvalue weighted by molar-refractivity contribution is -0.122. The Kier molecular flexibility index (Phi) is 5.13. The molecule has 25 heavy (non-hydrogen) atoms. The first kappa shape index (κ1) is 17.5. The Balaban J connectivity index is 1.88. The molecule has 2 aromatic rings. The Morgan fingerprint density at radius 1 is 1.12 bits per heavy atom. The van der Waals surface area contributed by atoms with Crippen molar-refractivity contribution in [3.8, 4) is 0 Å². The molecule has 0 radical (unpaired) electrons. The van der Waals surface area contributed by atoms with Gasteiger partial charge in [-0.05, 0) is 55.3 Å². The molecule has 2 amide bonds. The number of benzene rings is 1. The minimum Gasteiger partial charge on any atom is -0.344 e. The zero-order valence-electron chi connectivity index (χ0n) is 14.8. The van der Waals surface area contributed by atoms with Crippen molar-refractivity contribution in [1.82, 2.24) is 9.47 Å². The summed E-state index contributed by atoms with van der Waals surface area (Å²) in [6, 6.07) is 12.4. The lowest BCUT2D eigenvalue weighted by Crippen LogP contribution is -2.28. The van der Waals surface area contributed by atoms with E-state index in [0.29, 0.717) is 11.4 Å². The van der Waals surface area contributed by atoms with E-state index in [1.165, 1.54) is 10.5 Å². The van der Waals surface area contributed by atoms with Crippen LogP contribution in [0.3, 0.4) is 0 Å². The van der Waals surface area contributed by atoms with Gasteiger partial charge in [0.1, 0.15) is 0 Å². The number of nitrogens with zero attached hydrogens (tertiary/aromatic N) is 2. The second-order valence-electron chi connectivity index (χ2n) is 6.23. The number of aromatic nitrogens is 1. The minimum atomic E-state index is -0.176. The molecule has 3 rings (SSSR count). The minimum absolute atomic E-state index is 0.170. The lowest BCUT2D eigenvalue weighted by Gasteiger charge is -2.10. The summed E-state index contributed by atoms with van der Waals surface area (Å²) >= 11 is 1.03. The van der Waals surface area contributed by atoms with E-state index in [-0.39, 0.29) is 11.1 Å². The number of aryl methyl sites for hydroxylation is 1. The highest BCUT2D eigenvalue weighted by Gasteiger charge is 2.34. The van der Waals surface area contributed by atoms with Gasteiger partial charge in [0, 0.05) is 24.5 Å². The molecule has 2 heterocycles. The van der Waals surface area contributed by atoms with E-state index in [2.05, 4.69) is 36.6 Å². The summed E-state index contributed by atoms with van der Waals surface area (Å²) in [6.07, 6.45) is 2.63. The maximum atomic E-state index is 12.4. The van der Waals surface area contributed by atoms with Crippen LogP contribution in [0.4, 0.5) is 4.79 Å². The van der Waals surface area contributed by atoms with Crippen LogP contribution in [0.15, 0.2) is 41.3 Å². The SMILES string of the molecule is CCCN1C(=O)S/C(=C/c2cc(C)n(Cc3ccccc3)c2C)C1=O. The summed E-state index contributed by atoms with van der Waals surface area (Å²) < 4.78 is 2.23. The quantitative estimate of drug-likeness (QED) is 0.737. The van der Waals surface area contributed by atoms with E-state index >= 15 is 0 Å². The van der Waals surface area contributed by atoms with Gasteiger partial charge in [0.2, 0.25) is 0 Å². The zero-order valence-corrected chi connectivity index (χ0v) is 15.6. The summed E-state index contributed by atoms with van der Waals surface area (Å²) in [5, 5.41) is -0.170. The molecule has 1 aromatic carbocycles. The number of carbonyl (C=O) groups is 2. The molecule has 0 bridgehead atoms. The van der Waals surface area contributed by atoms with Gasteiger partial charge in [0.05, 0.1) is 4.91 Å². The first-order valence-corrected chi connectivity index (χ1v) is 9.29. The molecule has 1 fully saturated rings. The highest BCUT2D eigenvalue weighted by molar-refractivity contribution is 8.18. The fourth-order valence-electron chi connectivity index (χ4n) is 3.04. The van der Waals surface area contributed by atoms with E-state index in [1.807, 2.05) is 31.2 Å². The van der Waals surface area contributed by atoms with Gasteiger partial charge in [-0.25, -0.2) is 0 Å². The third kappa shape index (κ3) is 3.56. The molecular weight excluding hydrogens is 332 g/mol. The van der Waals surface area contributed by atoms with E-state index in [4.69, 9.17) is 0 Å². The molecule has 0 spiro atoms. The molecular formula is C20H22N2O2S. The van der Waals surface area contributed by atoms with Crippen molar-refractivity contribution in [3.63, 3.8) is 0 Å². The van der Waals surface area contributed by atoms with Crippen LogP contribution >= 0.6 is 11.8 Å². The van der Waals surface area contributed by atoms with Crippen molar-refractivity contribution >= 4 is 29.0 Å². The number of amides is 2. The fourth-order valence-corrected chi connectivity index (χ4v) is 3.90. The van der Waals surface area contributed by atoms with Crippen LogP contribution in [-0.4, -0.2) is 27.2 Å². The van der Waals surface area contributed by atoms with E-state index < -0.39 is 0 Å². The first-order valence-electron chi connectivity index (χ1n) is 8.47. The normalized spacial score (nSPS) is 16.3. The summed E-state index contributed by atoms with van der Waals surface area (Å²) in [5.74, 6) is -0.176. The van der Waals surface area contributed by atoms with Crippen LogP contribution < -0.4 is 0 Å². The van der Waals surface area contributed by atoms with Gasteiger partial charge in [0.15, 0.2) is 0 Å². The molecule has 0 saturated carbocycles. The van der Waals surface area contributed by atoms with E-state index in [9.17, 15) is 9.59 Å².